The van der Waals surface area contributed by atoms with E-state index in [1.807, 2.05) is 6.07 Å². The van der Waals surface area contributed by atoms with E-state index in [1.54, 1.807) is 11.3 Å². The Balaban J connectivity index is 1.26. The smallest absolute Gasteiger partial charge is 0.306 e. The third-order valence-corrected chi connectivity index (χ3v) is 9.73. The number of carbonyl (C=O) groups is 1. The third-order valence-electron chi connectivity index (χ3n) is 7.55. The summed E-state index contributed by atoms with van der Waals surface area (Å²) < 4.78 is 18.1. The summed E-state index contributed by atoms with van der Waals surface area (Å²) in [5.74, 6) is 1.44. The quantitative estimate of drug-likeness (QED) is 0.426. The molecular weight excluding hydrogens is 518 g/mol. The molecule has 5 rings (SSSR count). The molecule has 0 amide bonds. The highest BCUT2D eigenvalue weighted by Crippen LogP contribution is 2.37. The molecule has 2 aliphatic rings. The van der Waals surface area contributed by atoms with Gasteiger partial charge in [-0.05, 0) is 55.0 Å². The molecule has 9 heteroatoms. The normalized spacial score (nSPS) is 17.6. The second-order valence-electron chi connectivity index (χ2n) is 10.2. The molecule has 2 fully saturated rings. The number of ether oxygens (including phenoxy) is 1. The van der Waals surface area contributed by atoms with Crippen LogP contribution < -0.4 is 9.64 Å². The number of nitrogens with zero attached hydrogens (tertiary/aromatic N) is 3. The van der Waals surface area contributed by atoms with Crippen LogP contribution in [-0.2, 0) is 28.7 Å². The molecule has 202 valence electrons. The molecule has 0 radical (unpaired) electrons. The van der Waals surface area contributed by atoms with Crippen LogP contribution in [0.15, 0.2) is 41.8 Å². The first-order valence-electron chi connectivity index (χ1n) is 13.2. The first-order chi connectivity index (χ1) is 18.4. The minimum atomic E-state index is -0.698. The minimum absolute atomic E-state index is 0.253. The highest BCUT2D eigenvalue weighted by molar-refractivity contribution is 7.85. The Labute approximate surface area is 230 Å². The van der Waals surface area contributed by atoms with Gasteiger partial charge in [0, 0.05) is 66.0 Å². The molecule has 7 nitrogen and oxygen atoms in total. The number of hydrogen-bond donors (Lipinski definition) is 1. The van der Waals surface area contributed by atoms with E-state index >= 15 is 0 Å². The van der Waals surface area contributed by atoms with Gasteiger partial charge in [0.05, 0.1) is 11.6 Å². The molecule has 3 heterocycles. The molecule has 2 aliphatic heterocycles. The van der Waals surface area contributed by atoms with Gasteiger partial charge in [-0.25, -0.2) is 4.98 Å². The number of carboxylic acid groups (broad SMARTS) is 1. The lowest BCUT2D eigenvalue weighted by Gasteiger charge is -2.29. The summed E-state index contributed by atoms with van der Waals surface area (Å²) in [4.78, 5) is 20.8. The summed E-state index contributed by atoms with van der Waals surface area (Å²) in [6.45, 7) is 8.78. The Morgan fingerprint density at radius 3 is 2.58 bits per heavy atom. The Morgan fingerprint density at radius 2 is 1.87 bits per heavy atom. The van der Waals surface area contributed by atoms with E-state index in [0.29, 0.717) is 32.5 Å². The van der Waals surface area contributed by atoms with Gasteiger partial charge in [-0.15, -0.1) is 11.3 Å². The van der Waals surface area contributed by atoms with E-state index in [2.05, 4.69) is 59.4 Å². The average Bonchev–Trinajstić information content (AvgIpc) is 3.40. The fraction of sp³-hybridized carbons (Fsp3) is 0.448. The summed E-state index contributed by atoms with van der Waals surface area (Å²) in [6.07, 6.45) is 1.31. The number of carboxylic acids is 1. The van der Waals surface area contributed by atoms with Crippen molar-refractivity contribution in [2.45, 2.75) is 39.8 Å². The molecule has 2 saturated heterocycles. The maximum atomic E-state index is 11.6. The van der Waals surface area contributed by atoms with Gasteiger partial charge < -0.3 is 14.7 Å². The lowest BCUT2D eigenvalue weighted by molar-refractivity contribution is -0.142. The molecule has 0 aliphatic carbocycles. The van der Waals surface area contributed by atoms with Crippen molar-refractivity contribution in [2.24, 2.45) is 5.92 Å². The van der Waals surface area contributed by atoms with Crippen LogP contribution in [0.3, 0.4) is 0 Å². The van der Waals surface area contributed by atoms with Gasteiger partial charge in [-0.3, -0.25) is 13.9 Å². The molecule has 38 heavy (non-hydrogen) atoms. The summed E-state index contributed by atoms with van der Waals surface area (Å²) >= 11 is 1.60. The number of hydrogen-bond acceptors (Lipinski definition) is 7. The average molecular weight is 554 g/mol. The lowest BCUT2D eigenvalue weighted by atomic mass is 9.97. The number of aliphatic carboxylic acids is 1. The third kappa shape index (κ3) is 6.27. The van der Waals surface area contributed by atoms with Crippen LogP contribution in [0.4, 0.5) is 5.13 Å². The van der Waals surface area contributed by atoms with E-state index < -0.39 is 16.8 Å². The summed E-state index contributed by atoms with van der Waals surface area (Å²) in [6, 6.07) is 12.7. The van der Waals surface area contributed by atoms with E-state index in [4.69, 9.17) is 9.72 Å². The van der Waals surface area contributed by atoms with Crippen LogP contribution in [0.25, 0.3) is 11.3 Å². The fourth-order valence-corrected chi connectivity index (χ4v) is 7.16. The predicted octanol–water partition coefficient (Wildman–Crippen LogP) is 4.87. The predicted molar refractivity (Wildman–Crippen MR) is 154 cm³/mol. The van der Waals surface area contributed by atoms with Gasteiger partial charge in [-0.2, -0.15) is 0 Å². The number of piperidine rings is 1. The summed E-state index contributed by atoms with van der Waals surface area (Å²) in [5.41, 5.74) is 6.57. The summed E-state index contributed by atoms with van der Waals surface area (Å²) in [7, 11) is -0.653. The molecule has 0 bridgehead atoms. The van der Waals surface area contributed by atoms with Crippen LogP contribution in [0.1, 0.15) is 35.1 Å². The van der Waals surface area contributed by atoms with Crippen molar-refractivity contribution in [3.63, 3.8) is 0 Å². The van der Waals surface area contributed by atoms with Crippen LogP contribution in [0.2, 0.25) is 0 Å². The van der Waals surface area contributed by atoms with Gasteiger partial charge >= 0.3 is 5.97 Å². The molecular formula is C29H35N3O4S2. The van der Waals surface area contributed by atoms with Gasteiger partial charge in [0.1, 0.15) is 12.4 Å². The Kier molecular flexibility index (Phi) is 8.45. The molecule has 1 aromatic heterocycles. The highest BCUT2D eigenvalue weighted by Gasteiger charge is 2.26. The first-order valence-corrected chi connectivity index (χ1v) is 15.6. The van der Waals surface area contributed by atoms with Gasteiger partial charge in [0.15, 0.2) is 5.13 Å². The topological polar surface area (TPSA) is 83.0 Å². The second-order valence-corrected chi connectivity index (χ2v) is 12.8. The number of aromatic nitrogens is 1. The molecule has 2 aromatic carbocycles. The highest BCUT2D eigenvalue weighted by atomic mass is 32.2. The zero-order valence-electron chi connectivity index (χ0n) is 22.0. The minimum Gasteiger partial charge on any atom is -0.488 e. The Morgan fingerprint density at radius 1 is 1.11 bits per heavy atom. The van der Waals surface area contributed by atoms with Gasteiger partial charge in [0.25, 0.3) is 0 Å². The number of rotatable bonds is 8. The number of aryl methyl sites for hydroxylation is 2. The van der Waals surface area contributed by atoms with E-state index in [-0.39, 0.29) is 5.92 Å². The second kappa shape index (κ2) is 12.0. The van der Waals surface area contributed by atoms with Crippen molar-refractivity contribution in [3.8, 4) is 17.0 Å². The first kappa shape index (κ1) is 26.8. The van der Waals surface area contributed by atoms with Crippen LogP contribution in [-0.4, -0.2) is 62.9 Å². The standard InChI is InChI=1S/C29H35N3O4S2/c1-20-4-3-5-25(26-19-37-29(30-26)32-10-8-23(9-11-32)28(33)34)27(20)36-18-24-7-6-22(16-21(24)2)17-31-12-14-38(35)15-13-31/h3-7,16,19,23H,8-15,17-18H2,1-2H3,(H,33,34). The van der Waals surface area contributed by atoms with Gasteiger partial charge in [-0.1, -0.05) is 30.3 Å². The maximum Gasteiger partial charge on any atom is 0.306 e. The molecule has 0 saturated carbocycles. The van der Waals surface area contributed by atoms with E-state index in [0.717, 1.165) is 64.4 Å². The zero-order valence-corrected chi connectivity index (χ0v) is 23.7. The van der Waals surface area contributed by atoms with Crippen molar-refractivity contribution in [1.82, 2.24) is 9.88 Å². The largest absolute Gasteiger partial charge is 0.488 e. The maximum absolute atomic E-state index is 11.6. The van der Waals surface area contributed by atoms with Crippen LogP contribution in [0, 0.1) is 19.8 Å². The lowest BCUT2D eigenvalue weighted by Crippen LogP contribution is -2.37. The van der Waals surface area contributed by atoms with Crippen LogP contribution in [0.5, 0.6) is 5.75 Å². The monoisotopic (exact) mass is 553 g/mol. The zero-order chi connectivity index (χ0) is 26.6. The van der Waals surface area contributed by atoms with Crippen molar-refractivity contribution in [2.75, 3.05) is 42.6 Å². The van der Waals surface area contributed by atoms with E-state index in [9.17, 15) is 14.1 Å². The van der Waals surface area contributed by atoms with Crippen LogP contribution >= 0.6 is 11.3 Å². The van der Waals surface area contributed by atoms with Gasteiger partial charge in [0.2, 0.25) is 0 Å². The number of benzene rings is 2. The summed E-state index contributed by atoms with van der Waals surface area (Å²) in [5, 5.41) is 12.3. The molecule has 3 aromatic rings. The van der Waals surface area contributed by atoms with E-state index in [1.165, 1.54) is 11.1 Å². The van der Waals surface area contributed by atoms with Crippen molar-refractivity contribution in [1.29, 1.82) is 0 Å². The molecule has 0 unspecified atom stereocenters. The van der Waals surface area contributed by atoms with Crippen molar-refractivity contribution < 1.29 is 18.8 Å². The number of thiazole rings is 1. The SMILES string of the molecule is Cc1cc(CN2CCS(=O)CC2)ccc1COc1c(C)cccc1-c1csc(N2CCC(C(=O)O)CC2)n1. The number of para-hydroxylation sites is 1. The van der Waals surface area contributed by atoms with Crippen molar-refractivity contribution in [3.05, 3.63) is 64.0 Å². The molecule has 0 atom stereocenters. The molecule has 0 spiro atoms. The Hall–Kier alpha value is -2.75. The Bertz CT molecular complexity index is 1310. The molecule has 1 N–H and O–H groups in total. The fourth-order valence-electron chi connectivity index (χ4n) is 5.16. The van der Waals surface area contributed by atoms with Crippen molar-refractivity contribution >= 4 is 33.2 Å². The number of anilines is 1.